The summed E-state index contributed by atoms with van der Waals surface area (Å²) in [5.41, 5.74) is 0. The molecular formula is C14H26O6. The second-order valence-corrected chi connectivity index (χ2v) is 4.40. The Bertz CT molecular complexity index is 257. The van der Waals surface area contributed by atoms with Crippen LogP contribution in [-0.2, 0) is 9.59 Å². The van der Waals surface area contributed by atoms with Crippen LogP contribution in [0.1, 0.15) is 58.3 Å². The minimum atomic E-state index is -1.26. The summed E-state index contributed by atoms with van der Waals surface area (Å²) in [7, 11) is 0. The standard InChI is InChI=1S/C10H22O2.C4H4O4/c1-2-3-4-5-6-7-8-9-10(11)12;5-3(6)1-2-4(7)8/h10-12H,2-9H2,1H3;1-2H,(H,5,6)(H,7,8)/b;2-1-. The smallest absolute Gasteiger partial charge is 0.328 e. The van der Waals surface area contributed by atoms with Crippen LogP contribution in [0.4, 0.5) is 0 Å². The predicted molar refractivity (Wildman–Crippen MR) is 75.2 cm³/mol. The van der Waals surface area contributed by atoms with Crippen LogP contribution in [0.5, 0.6) is 0 Å². The highest BCUT2D eigenvalue weighted by Gasteiger charge is 1.96. The van der Waals surface area contributed by atoms with E-state index in [0.717, 1.165) is 12.8 Å². The largest absolute Gasteiger partial charge is 0.478 e. The molecule has 6 nitrogen and oxygen atoms in total. The van der Waals surface area contributed by atoms with Crippen molar-refractivity contribution >= 4 is 11.9 Å². The van der Waals surface area contributed by atoms with Crippen LogP contribution in [0.25, 0.3) is 0 Å². The number of unbranched alkanes of at least 4 members (excludes halogenated alkanes) is 6. The topological polar surface area (TPSA) is 115 Å². The molecule has 0 saturated carbocycles. The maximum absolute atomic E-state index is 9.55. The molecule has 0 aromatic carbocycles. The van der Waals surface area contributed by atoms with Gasteiger partial charge in [0, 0.05) is 12.2 Å². The Kier molecular flexibility index (Phi) is 16.4. The van der Waals surface area contributed by atoms with Crippen LogP contribution < -0.4 is 0 Å². The first kappa shape index (κ1) is 20.9. The van der Waals surface area contributed by atoms with Gasteiger partial charge in [-0.3, -0.25) is 0 Å². The number of aliphatic carboxylic acids is 2. The molecular weight excluding hydrogens is 264 g/mol. The number of carboxylic acids is 2. The normalized spacial score (nSPS) is 10.4. The van der Waals surface area contributed by atoms with Crippen molar-refractivity contribution in [2.24, 2.45) is 0 Å². The van der Waals surface area contributed by atoms with Crippen molar-refractivity contribution in [2.45, 2.75) is 64.6 Å². The quantitative estimate of drug-likeness (QED) is 0.278. The van der Waals surface area contributed by atoms with E-state index in [0.29, 0.717) is 18.6 Å². The van der Waals surface area contributed by atoms with Crippen LogP contribution in [0.2, 0.25) is 0 Å². The molecule has 0 aromatic rings. The molecule has 0 radical (unpaired) electrons. The molecule has 0 aliphatic heterocycles. The molecule has 0 spiro atoms. The second-order valence-electron chi connectivity index (χ2n) is 4.40. The van der Waals surface area contributed by atoms with Crippen molar-refractivity contribution < 1.29 is 30.0 Å². The SMILES string of the molecule is CCCCCCCCCC(O)O.O=C(O)/C=C\C(=O)O. The zero-order valence-corrected chi connectivity index (χ0v) is 12.0. The molecule has 118 valence electrons. The van der Waals surface area contributed by atoms with E-state index in [1.807, 2.05) is 0 Å². The molecule has 0 atom stereocenters. The van der Waals surface area contributed by atoms with Crippen molar-refractivity contribution in [3.05, 3.63) is 12.2 Å². The third kappa shape index (κ3) is 25.4. The van der Waals surface area contributed by atoms with Gasteiger partial charge in [0.15, 0.2) is 6.29 Å². The highest BCUT2D eigenvalue weighted by molar-refractivity contribution is 5.89. The van der Waals surface area contributed by atoms with Crippen molar-refractivity contribution in [1.82, 2.24) is 0 Å². The van der Waals surface area contributed by atoms with E-state index >= 15 is 0 Å². The Morgan fingerprint density at radius 1 is 0.850 bits per heavy atom. The highest BCUT2D eigenvalue weighted by atomic mass is 16.5. The number of hydrogen-bond acceptors (Lipinski definition) is 4. The minimum absolute atomic E-state index is 0.535. The van der Waals surface area contributed by atoms with Crippen molar-refractivity contribution in [3.8, 4) is 0 Å². The number of hydrogen-bond donors (Lipinski definition) is 4. The summed E-state index contributed by atoms with van der Waals surface area (Å²) in [5, 5.41) is 32.7. The summed E-state index contributed by atoms with van der Waals surface area (Å²) in [4.78, 5) is 19.1. The molecule has 0 amide bonds. The summed E-state index contributed by atoms with van der Waals surface area (Å²) in [6.45, 7) is 2.21. The van der Waals surface area contributed by atoms with Crippen LogP contribution >= 0.6 is 0 Å². The van der Waals surface area contributed by atoms with Crippen molar-refractivity contribution in [3.63, 3.8) is 0 Å². The Morgan fingerprint density at radius 2 is 1.25 bits per heavy atom. The fourth-order valence-corrected chi connectivity index (χ4v) is 1.43. The van der Waals surface area contributed by atoms with Crippen LogP contribution in [-0.4, -0.2) is 38.7 Å². The minimum Gasteiger partial charge on any atom is -0.478 e. The predicted octanol–water partition coefficient (Wildman–Crippen LogP) is 2.15. The van der Waals surface area contributed by atoms with Crippen LogP contribution in [0, 0.1) is 0 Å². The van der Waals surface area contributed by atoms with E-state index in [1.165, 1.54) is 32.1 Å². The fourth-order valence-electron chi connectivity index (χ4n) is 1.43. The third-order valence-electron chi connectivity index (χ3n) is 2.43. The molecule has 0 aliphatic carbocycles. The Balaban J connectivity index is 0. The Hall–Kier alpha value is -1.40. The number of carbonyl (C=O) groups is 2. The number of aliphatic hydroxyl groups excluding tert-OH is 1. The molecule has 0 fully saturated rings. The van der Waals surface area contributed by atoms with Crippen molar-refractivity contribution in [2.75, 3.05) is 0 Å². The summed E-state index contributed by atoms with van der Waals surface area (Å²) in [5.74, 6) is -2.51. The number of rotatable bonds is 10. The summed E-state index contributed by atoms with van der Waals surface area (Å²) in [6, 6.07) is 0. The lowest BCUT2D eigenvalue weighted by Gasteiger charge is -2.02. The average Bonchev–Trinajstić information content (AvgIpc) is 2.36. The first-order valence-corrected chi connectivity index (χ1v) is 6.90. The van der Waals surface area contributed by atoms with Gasteiger partial charge in [-0.1, -0.05) is 45.4 Å². The fraction of sp³-hybridized carbons (Fsp3) is 0.714. The van der Waals surface area contributed by atoms with E-state index in [1.54, 1.807) is 0 Å². The second kappa shape index (κ2) is 15.7. The maximum Gasteiger partial charge on any atom is 0.328 e. The molecule has 0 rings (SSSR count). The summed E-state index contributed by atoms with van der Waals surface area (Å²) >= 11 is 0. The zero-order valence-electron chi connectivity index (χ0n) is 12.0. The lowest BCUT2D eigenvalue weighted by molar-refractivity contribution is -0.134. The Labute approximate surface area is 119 Å². The monoisotopic (exact) mass is 290 g/mol. The maximum atomic E-state index is 9.55. The van der Waals surface area contributed by atoms with Gasteiger partial charge >= 0.3 is 11.9 Å². The van der Waals surface area contributed by atoms with Gasteiger partial charge in [-0.25, -0.2) is 9.59 Å². The molecule has 0 aromatic heterocycles. The summed E-state index contributed by atoms with van der Waals surface area (Å²) in [6.07, 6.45) is 9.14. The van der Waals surface area contributed by atoms with Gasteiger partial charge in [-0.15, -0.1) is 0 Å². The first-order chi connectivity index (χ1) is 9.40. The van der Waals surface area contributed by atoms with Crippen LogP contribution in [0.15, 0.2) is 12.2 Å². The van der Waals surface area contributed by atoms with Gasteiger partial charge in [0.05, 0.1) is 0 Å². The molecule has 6 heteroatoms. The molecule has 20 heavy (non-hydrogen) atoms. The molecule has 0 aliphatic rings. The molecule has 0 bridgehead atoms. The highest BCUT2D eigenvalue weighted by Crippen LogP contribution is 2.08. The third-order valence-corrected chi connectivity index (χ3v) is 2.43. The summed E-state index contributed by atoms with van der Waals surface area (Å²) < 4.78 is 0. The molecule has 0 heterocycles. The molecule has 0 unspecified atom stereocenters. The van der Waals surface area contributed by atoms with Gasteiger partial charge < -0.3 is 20.4 Å². The van der Waals surface area contributed by atoms with E-state index in [4.69, 9.17) is 20.4 Å². The average molecular weight is 290 g/mol. The lowest BCUT2D eigenvalue weighted by Crippen LogP contribution is -2.02. The Morgan fingerprint density at radius 3 is 1.60 bits per heavy atom. The molecule has 0 saturated heterocycles. The van der Waals surface area contributed by atoms with E-state index in [2.05, 4.69) is 6.92 Å². The van der Waals surface area contributed by atoms with E-state index in [-0.39, 0.29) is 0 Å². The van der Waals surface area contributed by atoms with Crippen LogP contribution in [0.3, 0.4) is 0 Å². The van der Waals surface area contributed by atoms with E-state index in [9.17, 15) is 9.59 Å². The molecule has 4 N–H and O–H groups in total. The number of aliphatic hydroxyl groups is 2. The van der Waals surface area contributed by atoms with Gasteiger partial charge in [0.1, 0.15) is 0 Å². The van der Waals surface area contributed by atoms with E-state index < -0.39 is 18.2 Å². The number of carboxylic acid groups (broad SMARTS) is 2. The first-order valence-electron chi connectivity index (χ1n) is 6.90. The zero-order chi connectivity index (χ0) is 15.8. The van der Waals surface area contributed by atoms with Gasteiger partial charge in [-0.2, -0.15) is 0 Å². The van der Waals surface area contributed by atoms with Gasteiger partial charge in [-0.05, 0) is 12.8 Å². The lowest BCUT2D eigenvalue weighted by atomic mass is 10.1. The van der Waals surface area contributed by atoms with Crippen molar-refractivity contribution in [1.29, 1.82) is 0 Å². The van der Waals surface area contributed by atoms with Gasteiger partial charge in [0.2, 0.25) is 0 Å². The van der Waals surface area contributed by atoms with Gasteiger partial charge in [0.25, 0.3) is 0 Å².